The predicted octanol–water partition coefficient (Wildman–Crippen LogP) is 2.98. The Kier molecular flexibility index (Phi) is 4.99. The lowest BCUT2D eigenvalue weighted by molar-refractivity contribution is -0.137. The van der Waals surface area contributed by atoms with E-state index in [0.29, 0.717) is 10.6 Å². The second kappa shape index (κ2) is 6.51. The molecule has 0 aromatic heterocycles. The molecule has 0 fully saturated rings. The average Bonchev–Trinajstić information content (AvgIpc) is 2.33. The molecule has 1 rings (SSSR count). The minimum Gasteiger partial charge on any atom is -0.457 e. The Morgan fingerprint density at radius 3 is 2.94 bits per heavy atom. The molecular weight excluding hydrogens is 238 g/mol. The molecule has 0 N–H and O–H groups in total. The van der Waals surface area contributed by atoms with Crippen LogP contribution in [0.3, 0.4) is 0 Å². The number of halogens is 1. The van der Waals surface area contributed by atoms with Crippen LogP contribution in [0.4, 0.5) is 0 Å². The van der Waals surface area contributed by atoms with E-state index in [9.17, 15) is 4.79 Å². The van der Waals surface area contributed by atoms with Crippen LogP contribution in [0, 0.1) is 11.3 Å². The van der Waals surface area contributed by atoms with Gasteiger partial charge in [0.05, 0.1) is 0 Å². The van der Waals surface area contributed by atoms with Crippen molar-refractivity contribution in [3.63, 3.8) is 0 Å². The number of carbonyl (C=O) groups is 1. The van der Waals surface area contributed by atoms with E-state index in [1.54, 1.807) is 30.3 Å². The molecule has 3 nitrogen and oxygen atoms in total. The topological polar surface area (TPSA) is 50.1 Å². The smallest absolute Gasteiger partial charge is 0.349 e. The van der Waals surface area contributed by atoms with Crippen LogP contribution in [0.5, 0.6) is 0 Å². The van der Waals surface area contributed by atoms with E-state index in [1.807, 2.05) is 0 Å². The Morgan fingerprint density at radius 1 is 1.59 bits per heavy atom. The molecule has 0 bridgehead atoms. The van der Waals surface area contributed by atoms with E-state index in [0.717, 1.165) is 0 Å². The van der Waals surface area contributed by atoms with Crippen molar-refractivity contribution < 1.29 is 9.53 Å². The lowest BCUT2D eigenvalue weighted by Crippen LogP contribution is -2.06. The minimum absolute atomic E-state index is 0.0749. The maximum atomic E-state index is 11.4. The first-order valence-electron chi connectivity index (χ1n) is 4.82. The van der Waals surface area contributed by atoms with Gasteiger partial charge < -0.3 is 4.74 Å². The first kappa shape index (κ1) is 13.0. The molecule has 0 aliphatic heterocycles. The van der Waals surface area contributed by atoms with E-state index in [2.05, 4.69) is 6.58 Å². The Balaban J connectivity index is 2.91. The molecule has 4 heteroatoms. The van der Waals surface area contributed by atoms with E-state index in [4.69, 9.17) is 21.6 Å². The van der Waals surface area contributed by atoms with Crippen LogP contribution >= 0.6 is 11.6 Å². The van der Waals surface area contributed by atoms with E-state index in [-0.39, 0.29) is 12.2 Å². The summed E-state index contributed by atoms with van der Waals surface area (Å²) < 4.78 is 4.77. The minimum atomic E-state index is -0.674. The fraction of sp³-hybridized carbons (Fsp3) is 0.0769. The summed E-state index contributed by atoms with van der Waals surface area (Å²) in [6.07, 6.45) is 2.86. The van der Waals surface area contributed by atoms with E-state index in [1.165, 1.54) is 12.2 Å². The van der Waals surface area contributed by atoms with Gasteiger partial charge in [-0.3, -0.25) is 0 Å². The third-order valence-corrected chi connectivity index (χ3v) is 2.07. The van der Waals surface area contributed by atoms with E-state index < -0.39 is 5.97 Å². The van der Waals surface area contributed by atoms with E-state index >= 15 is 0 Å². The quantitative estimate of drug-likeness (QED) is 0.356. The van der Waals surface area contributed by atoms with Gasteiger partial charge in [-0.1, -0.05) is 36.4 Å². The van der Waals surface area contributed by atoms with Crippen molar-refractivity contribution in [2.75, 3.05) is 6.61 Å². The number of hydrogen-bond donors (Lipinski definition) is 0. The maximum absolute atomic E-state index is 11.4. The molecule has 0 aliphatic rings. The fourth-order valence-electron chi connectivity index (χ4n) is 1.11. The third-order valence-electron chi connectivity index (χ3n) is 1.83. The molecule has 0 heterocycles. The largest absolute Gasteiger partial charge is 0.457 e. The fourth-order valence-corrected chi connectivity index (χ4v) is 1.31. The SMILES string of the molecule is C=CCOC(=O)/C(C#N)=C\c1cccc(Cl)c1. The maximum Gasteiger partial charge on any atom is 0.349 e. The summed E-state index contributed by atoms with van der Waals surface area (Å²) in [6.45, 7) is 3.49. The van der Waals surface area contributed by atoms with Gasteiger partial charge in [0.2, 0.25) is 0 Å². The highest BCUT2D eigenvalue weighted by Gasteiger charge is 2.09. The highest BCUT2D eigenvalue weighted by atomic mass is 35.5. The first-order valence-corrected chi connectivity index (χ1v) is 5.20. The molecule has 0 saturated carbocycles. The van der Waals surface area contributed by atoms with Gasteiger partial charge in [-0.2, -0.15) is 5.26 Å². The zero-order valence-electron chi connectivity index (χ0n) is 9.02. The van der Waals surface area contributed by atoms with Gasteiger partial charge in [0.1, 0.15) is 18.2 Å². The van der Waals surface area contributed by atoms with Gasteiger partial charge in [-0.25, -0.2) is 4.79 Å². The summed E-state index contributed by atoms with van der Waals surface area (Å²) in [5.74, 6) is -0.674. The monoisotopic (exact) mass is 247 g/mol. The molecular formula is C13H10ClNO2. The molecule has 0 aliphatic carbocycles. The predicted molar refractivity (Wildman–Crippen MR) is 66.2 cm³/mol. The normalized spacial score (nSPS) is 10.5. The van der Waals surface area contributed by atoms with Gasteiger partial charge in [0.15, 0.2) is 0 Å². The zero-order chi connectivity index (χ0) is 12.7. The molecule has 0 amide bonds. The van der Waals surface area contributed by atoms with Crippen molar-refractivity contribution in [2.45, 2.75) is 0 Å². The number of nitrogens with zero attached hydrogens (tertiary/aromatic N) is 1. The number of esters is 1. The first-order chi connectivity index (χ1) is 8.17. The summed E-state index contributed by atoms with van der Waals surface area (Å²) in [4.78, 5) is 11.4. The molecule has 86 valence electrons. The van der Waals surface area contributed by atoms with Crippen LogP contribution in [0.15, 0.2) is 42.5 Å². The molecule has 0 atom stereocenters. The standard InChI is InChI=1S/C13H10ClNO2/c1-2-6-17-13(16)11(9-15)7-10-4-3-5-12(14)8-10/h2-5,7-8H,1,6H2/b11-7-. The van der Waals surface area contributed by atoms with Crippen molar-refractivity contribution in [2.24, 2.45) is 0 Å². The molecule has 1 aromatic carbocycles. The molecule has 0 spiro atoms. The summed E-state index contributed by atoms with van der Waals surface area (Å²) in [6, 6.07) is 8.62. The lowest BCUT2D eigenvalue weighted by atomic mass is 10.1. The van der Waals surface area contributed by atoms with Crippen molar-refractivity contribution in [3.05, 3.63) is 53.1 Å². The number of rotatable bonds is 4. The highest BCUT2D eigenvalue weighted by molar-refractivity contribution is 6.30. The summed E-state index contributed by atoms with van der Waals surface area (Å²) in [5, 5.41) is 9.39. The van der Waals surface area contributed by atoms with Crippen molar-refractivity contribution in [1.29, 1.82) is 5.26 Å². The number of ether oxygens (including phenoxy) is 1. The van der Waals surface area contributed by atoms with Crippen LogP contribution in [0.25, 0.3) is 6.08 Å². The van der Waals surface area contributed by atoms with Gasteiger partial charge in [-0.05, 0) is 23.8 Å². The molecule has 1 aromatic rings. The Hall–Kier alpha value is -2.05. The summed E-state index contributed by atoms with van der Waals surface area (Å²) >= 11 is 5.79. The van der Waals surface area contributed by atoms with Crippen LogP contribution in [0.1, 0.15) is 5.56 Å². The number of carbonyl (C=O) groups excluding carboxylic acids is 1. The number of benzene rings is 1. The van der Waals surface area contributed by atoms with Crippen LogP contribution in [-0.4, -0.2) is 12.6 Å². The van der Waals surface area contributed by atoms with Crippen molar-refractivity contribution in [1.82, 2.24) is 0 Å². The lowest BCUT2D eigenvalue weighted by Gasteiger charge is -2.00. The van der Waals surface area contributed by atoms with Crippen LogP contribution in [0.2, 0.25) is 5.02 Å². The number of hydrogen-bond acceptors (Lipinski definition) is 3. The average molecular weight is 248 g/mol. The van der Waals surface area contributed by atoms with Gasteiger partial charge in [0.25, 0.3) is 0 Å². The molecule has 0 radical (unpaired) electrons. The highest BCUT2D eigenvalue weighted by Crippen LogP contribution is 2.14. The zero-order valence-corrected chi connectivity index (χ0v) is 9.78. The summed E-state index contributed by atoms with van der Waals surface area (Å²) in [5.41, 5.74) is 0.596. The van der Waals surface area contributed by atoms with Crippen molar-refractivity contribution in [3.8, 4) is 6.07 Å². The van der Waals surface area contributed by atoms with Crippen LogP contribution in [-0.2, 0) is 9.53 Å². The third kappa shape index (κ3) is 4.13. The van der Waals surface area contributed by atoms with Crippen molar-refractivity contribution >= 4 is 23.6 Å². The summed E-state index contributed by atoms with van der Waals surface area (Å²) in [7, 11) is 0. The molecule has 0 unspecified atom stereocenters. The second-order valence-corrected chi connectivity index (χ2v) is 3.55. The molecule has 0 saturated heterocycles. The van der Waals surface area contributed by atoms with Gasteiger partial charge in [0, 0.05) is 5.02 Å². The van der Waals surface area contributed by atoms with Gasteiger partial charge in [-0.15, -0.1) is 0 Å². The Labute approximate surface area is 105 Å². The number of nitriles is 1. The second-order valence-electron chi connectivity index (χ2n) is 3.11. The van der Waals surface area contributed by atoms with Crippen LogP contribution < -0.4 is 0 Å². The van der Waals surface area contributed by atoms with Gasteiger partial charge >= 0.3 is 5.97 Å². The Morgan fingerprint density at radius 2 is 2.35 bits per heavy atom. The Bertz CT molecular complexity index is 500. The molecule has 17 heavy (non-hydrogen) atoms.